The van der Waals surface area contributed by atoms with Crippen LogP contribution >= 0.6 is 23.2 Å². The van der Waals surface area contributed by atoms with Crippen molar-refractivity contribution in [3.63, 3.8) is 0 Å². The lowest BCUT2D eigenvalue weighted by Gasteiger charge is -2.34. The first kappa shape index (κ1) is 16.8. The maximum absolute atomic E-state index is 6.25. The molecule has 3 rings (SSSR count). The first-order valence-corrected chi connectivity index (χ1v) is 8.89. The molecule has 0 aliphatic carbocycles. The van der Waals surface area contributed by atoms with Crippen LogP contribution in [0.2, 0.25) is 10.0 Å². The van der Waals surface area contributed by atoms with Crippen molar-refractivity contribution in [3.8, 4) is 0 Å². The van der Waals surface area contributed by atoms with Gasteiger partial charge in [0.2, 0.25) is 0 Å². The molecule has 0 saturated carbocycles. The third-order valence-electron chi connectivity index (χ3n) is 4.45. The number of piperazine rings is 1. The molecule has 1 fully saturated rings. The Kier molecular flexibility index (Phi) is 5.96. The van der Waals surface area contributed by atoms with Gasteiger partial charge in [0.1, 0.15) is 0 Å². The van der Waals surface area contributed by atoms with Crippen LogP contribution in [-0.2, 0) is 13.0 Å². The lowest BCUT2D eigenvalue weighted by molar-refractivity contribution is 0.128. The number of hydrogen-bond donors (Lipinski definition) is 0. The third kappa shape index (κ3) is 4.95. The quantitative estimate of drug-likeness (QED) is 0.792. The Labute approximate surface area is 148 Å². The highest BCUT2D eigenvalue weighted by Crippen LogP contribution is 2.18. The van der Waals surface area contributed by atoms with Crippen LogP contribution in [0.15, 0.2) is 48.5 Å². The van der Waals surface area contributed by atoms with Gasteiger partial charge >= 0.3 is 0 Å². The molecule has 0 atom stereocenters. The Morgan fingerprint density at radius 1 is 0.783 bits per heavy atom. The SMILES string of the molecule is Clc1ccc(CCN2CCN(Cc3ccccc3Cl)CC2)cc1. The van der Waals surface area contributed by atoms with Gasteiger partial charge in [-0.15, -0.1) is 0 Å². The number of benzene rings is 2. The second-order valence-electron chi connectivity index (χ2n) is 6.09. The van der Waals surface area contributed by atoms with E-state index in [1.165, 1.54) is 11.1 Å². The Hall–Kier alpha value is -1.06. The van der Waals surface area contributed by atoms with Gasteiger partial charge in [-0.25, -0.2) is 0 Å². The summed E-state index contributed by atoms with van der Waals surface area (Å²) in [6.45, 7) is 6.51. The summed E-state index contributed by atoms with van der Waals surface area (Å²) in [5.41, 5.74) is 2.58. The van der Waals surface area contributed by atoms with Gasteiger partial charge in [0.05, 0.1) is 0 Å². The average Bonchev–Trinajstić information content (AvgIpc) is 2.58. The fourth-order valence-corrected chi connectivity index (χ4v) is 3.30. The van der Waals surface area contributed by atoms with Gasteiger partial charge in [-0.3, -0.25) is 4.90 Å². The molecule has 1 aliphatic heterocycles. The van der Waals surface area contributed by atoms with Crippen molar-refractivity contribution in [1.82, 2.24) is 9.80 Å². The summed E-state index contributed by atoms with van der Waals surface area (Å²) in [5, 5.41) is 1.68. The zero-order chi connectivity index (χ0) is 16.1. The van der Waals surface area contributed by atoms with E-state index >= 15 is 0 Å². The molecule has 1 aliphatic rings. The van der Waals surface area contributed by atoms with E-state index in [-0.39, 0.29) is 0 Å². The average molecular weight is 349 g/mol. The molecular weight excluding hydrogens is 327 g/mol. The van der Waals surface area contributed by atoms with Crippen LogP contribution in [0.1, 0.15) is 11.1 Å². The Morgan fingerprint density at radius 2 is 1.43 bits per heavy atom. The van der Waals surface area contributed by atoms with E-state index in [1.54, 1.807) is 0 Å². The number of halogens is 2. The van der Waals surface area contributed by atoms with E-state index in [2.05, 4.69) is 34.1 Å². The normalized spacial score (nSPS) is 16.6. The van der Waals surface area contributed by atoms with Crippen molar-refractivity contribution < 1.29 is 0 Å². The smallest absolute Gasteiger partial charge is 0.0451 e. The van der Waals surface area contributed by atoms with Gasteiger partial charge in [0, 0.05) is 49.3 Å². The third-order valence-corrected chi connectivity index (χ3v) is 5.07. The first-order valence-electron chi connectivity index (χ1n) is 8.13. The van der Waals surface area contributed by atoms with Crippen LogP contribution < -0.4 is 0 Å². The molecule has 2 aromatic carbocycles. The second-order valence-corrected chi connectivity index (χ2v) is 6.93. The van der Waals surface area contributed by atoms with Crippen LogP contribution in [0.25, 0.3) is 0 Å². The van der Waals surface area contributed by atoms with Gasteiger partial charge in [-0.2, -0.15) is 0 Å². The first-order chi connectivity index (χ1) is 11.2. The minimum absolute atomic E-state index is 0.807. The summed E-state index contributed by atoms with van der Waals surface area (Å²) in [7, 11) is 0. The Bertz CT molecular complexity index is 620. The maximum Gasteiger partial charge on any atom is 0.0451 e. The molecule has 1 heterocycles. The van der Waals surface area contributed by atoms with E-state index in [0.29, 0.717) is 0 Å². The van der Waals surface area contributed by atoms with E-state index in [9.17, 15) is 0 Å². The summed E-state index contributed by atoms with van der Waals surface area (Å²) >= 11 is 12.2. The predicted molar refractivity (Wildman–Crippen MR) is 98.3 cm³/mol. The van der Waals surface area contributed by atoms with Gasteiger partial charge < -0.3 is 4.90 Å². The van der Waals surface area contributed by atoms with Crippen LogP contribution in [0.5, 0.6) is 0 Å². The zero-order valence-electron chi connectivity index (χ0n) is 13.2. The monoisotopic (exact) mass is 348 g/mol. The van der Waals surface area contributed by atoms with E-state index in [0.717, 1.165) is 55.7 Å². The standard InChI is InChI=1S/C19H22Cl2N2/c20-18-7-5-16(6-8-18)9-10-22-11-13-23(14-12-22)15-17-3-1-2-4-19(17)21/h1-8H,9-15H2. The van der Waals surface area contributed by atoms with E-state index < -0.39 is 0 Å². The molecule has 0 N–H and O–H groups in total. The highest BCUT2D eigenvalue weighted by atomic mass is 35.5. The summed E-state index contributed by atoms with van der Waals surface area (Å²) < 4.78 is 0. The van der Waals surface area contributed by atoms with Crippen molar-refractivity contribution in [2.75, 3.05) is 32.7 Å². The topological polar surface area (TPSA) is 6.48 Å². The largest absolute Gasteiger partial charge is 0.300 e. The summed E-state index contributed by atoms with van der Waals surface area (Å²) in [5.74, 6) is 0. The van der Waals surface area contributed by atoms with Crippen molar-refractivity contribution in [2.24, 2.45) is 0 Å². The Balaban J connectivity index is 1.43. The molecule has 0 bridgehead atoms. The number of hydrogen-bond acceptors (Lipinski definition) is 2. The minimum Gasteiger partial charge on any atom is -0.300 e. The summed E-state index contributed by atoms with van der Waals surface area (Å²) in [4.78, 5) is 5.03. The molecule has 4 heteroatoms. The highest BCUT2D eigenvalue weighted by molar-refractivity contribution is 6.31. The fourth-order valence-electron chi connectivity index (χ4n) is 2.98. The van der Waals surface area contributed by atoms with E-state index in [4.69, 9.17) is 23.2 Å². The molecule has 0 aromatic heterocycles. The molecule has 1 saturated heterocycles. The van der Waals surface area contributed by atoms with Crippen LogP contribution in [0, 0.1) is 0 Å². The van der Waals surface area contributed by atoms with Gasteiger partial charge in [0.15, 0.2) is 0 Å². The molecule has 0 unspecified atom stereocenters. The van der Waals surface area contributed by atoms with Crippen LogP contribution in [-0.4, -0.2) is 42.5 Å². The zero-order valence-corrected chi connectivity index (χ0v) is 14.7. The molecule has 23 heavy (non-hydrogen) atoms. The van der Waals surface area contributed by atoms with Crippen LogP contribution in [0.4, 0.5) is 0 Å². The predicted octanol–water partition coefficient (Wildman–Crippen LogP) is 4.35. The molecule has 2 aromatic rings. The summed E-state index contributed by atoms with van der Waals surface area (Å²) in [6, 6.07) is 16.3. The molecule has 0 amide bonds. The lowest BCUT2D eigenvalue weighted by atomic mass is 10.1. The lowest BCUT2D eigenvalue weighted by Crippen LogP contribution is -2.46. The molecule has 0 spiro atoms. The van der Waals surface area contributed by atoms with Gasteiger partial charge in [0.25, 0.3) is 0 Å². The minimum atomic E-state index is 0.807. The van der Waals surface area contributed by atoms with Gasteiger partial charge in [-0.05, 0) is 35.7 Å². The molecule has 122 valence electrons. The second kappa shape index (κ2) is 8.16. The van der Waals surface area contributed by atoms with Crippen molar-refractivity contribution in [2.45, 2.75) is 13.0 Å². The highest BCUT2D eigenvalue weighted by Gasteiger charge is 2.17. The van der Waals surface area contributed by atoms with Gasteiger partial charge in [-0.1, -0.05) is 53.5 Å². The fraction of sp³-hybridized carbons (Fsp3) is 0.368. The van der Waals surface area contributed by atoms with E-state index in [1.807, 2.05) is 24.3 Å². The Morgan fingerprint density at radius 3 is 2.13 bits per heavy atom. The van der Waals surface area contributed by atoms with Crippen LogP contribution in [0.3, 0.4) is 0 Å². The number of nitrogens with zero attached hydrogens (tertiary/aromatic N) is 2. The molecular formula is C19H22Cl2N2. The molecule has 2 nitrogen and oxygen atoms in total. The molecule has 0 radical (unpaired) electrons. The van der Waals surface area contributed by atoms with Crippen molar-refractivity contribution in [1.29, 1.82) is 0 Å². The summed E-state index contributed by atoms with van der Waals surface area (Å²) in [6.07, 6.45) is 1.09. The number of rotatable bonds is 5. The van der Waals surface area contributed by atoms with Crippen molar-refractivity contribution >= 4 is 23.2 Å². The maximum atomic E-state index is 6.25. The van der Waals surface area contributed by atoms with Crippen molar-refractivity contribution in [3.05, 3.63) is 69.7 Å².